The lowest BCUT2D eigenvalue weighted by Gasteiger charge is -1.97. The first-order valence-corrected chi connectivity index (χ1v) is 5.31. The van der Waals surface area contributed by atoms with Crippen LogP contribution in [0.2, 0.25) is 0 Å². The Morgan fingerprint density at radius 1 is 1.17 bits per heavy atom. The van der Waals surface area contributed by atoms with Crippen molar-refractivity contribution in [2.24, 2.45) is 4.99 Å². The van der Waals surface area contributed by atoms with Crippen LogP contribution in [0.1, 0.15) is 5.56 Å². The minimum Gasteiger partial charge on any atom is -0.507 e. The normalized spacial score (nSPS) is 11.3. The Kier molecular flexibility index (Phi) is 2.45. The van der Waals surface area contributed by atoms with Crippen molar-refractivity contribution in [3.8, 4) is 5.75 Å². The highest BCUT2D eigenvalue weighted by Gasteiger charge is 2.03. The standard InChI is InChI=1S/C12H9N5O/c18-9-4-2-1-3-8(9)5-13-11-10-12(15-6-14-10)17-7-16-11/h1-7,18H,(H,14,15,16,17). The number of aromatic nitrogens is 4. The molecule has 0 unspecified atom stereocenters. The van der Waals surface area contributed by atoms with E-state index in [-0.39, 0.29) is 5.75 Å². The first kappa shape index (κ1) is 10.4. The molecule has 0 atom stereocenters. The Hall–Kier alpha value is -2.76. The molecule has 88 valence electrons. The van der Waals surface area contributed by atoms with E-state index in [9.17, 15) is 5.11 Å². The molecule has 6 nitrogen and oxygen atoms in total. The summed E-state index contributed by atoms with van der Waals surface area (Å²) in [6.45, 7) is 0. The summed E-state index contributed by atoms with van der Waals surface area (Å²) >= 11 is 0. The highest BCUT2D eigenvalue weighted by Crippen LogP contribution is 2.19. The number of benzene rings is 1. The van der Waals surface area contributed by atoms with Crippen molar-refractivity contribution in [3.05, 3.63) is 42.5 Å². The lowest BCUT2D eigenvalue weighted by atomic mass is 10.2. The molecule has 0 fully saturated rings. The Labute approximate surface area is 102 Å². The van der Waals surface area contributed by atoms with E-state index in [2.05, 4.69) is 24.9 Å². The third kappa shape index (κ3) is 1.80. The van der Waals surface area contributed by atoms with Gasteiger partial charge in [-0.3, -0.25) is 0 Å². The molecule has 3 aromatic rings. The molecule has 0 bridgehead atoms. The molecule has 0 aliphatic rings. The minimum atomic E-state index is 0.177. The predicted molar refractivity (Wildman–Crippen MR) is 67.0 cm³/mol. The number of phenolic OH excluding ortho intramolecular Hbond substituents is 1. The van der Waals surface area contributed by atoms with Gasteiger partial charge >= 0.3 is 0 Å². The van der Waals surface area contributed by atoms with Crippen LogP contribution in [0.25, 0.3) is 11.2 Å². The SMILES string of the molecule is Oc1ccccc1C=Nc1ncnc2nc[nH]c12. The molecule has 0 amide bonds. The molecule has 0 saturated heterocycles. The van der Waals surface area contributed by atoms with Crippen LogP contribution >= 0.6 is 0 Å². The zero-order chi connectivity index (χ0) is 12.4. The highest BCUT2D eigenvalue weighted by atomic mass is 16.3. The number of aromatic hydroxyl groups is 1. The van der Waals surface area contributed by atoms with Crippen molar-refractivity contribution in [2.45, 2.75) is 0 Å². The maximum absolute atomic E-state index is 9.62. The molecule has 18 heavy (non-hydrogen) atoms. The summed E-state index contributed by atoms with van der Waals surface area (Å²) in [6.07, 6.45) is 4.50. The quantitative estimate of drug-likeness (QED) is 0.667. The largest absolute Gasteiger partial charge is 0.507 e. The third-order valence-corrected chi connectivity index (χ3v) is 2.47. The summed E-state index contributed by atoms with van der Waals surface area (Å²) in [5.41, 5.74) is 1.86. The summed E-state index contributed by atoms with van der Waals surface area (Å²) in [7, 11) is 0. The fourth-order valence-corrected chi connectivity index (χ4v) is 1.58. The lowest BCUT2D eigenvalue weighted by Crippen LogP contribution is -1.85. The van der Waals surface area contributed by atoms with E-state index in [1.54, 1.807) is 30.7 Å². The summed E-state index contributed by atoms with van der Waals surface area (Å²) in [6, 6.07) is 6.95. The zero-order valence-corrected chi connectivity index (χ0v) is 9.28. The number of aliphatic imine (C=N–C) groups is 1. The van der Waals surface area contributed by atoms with Crippen LogP contribution in [-0.2, 0) is 0 Å². The summed E-state index contributed by atoms with van der Waals surface area (Å²) in [5.74, 6) is 0.664. The molecule has 0 radical (unpaired) electrons. The van der Waals surface area contributed by atoms with Crippen molar-refractivity contribution in [1.29, 1.82) is 0 Å². The Bertz CT molecular complexity index is 719. The average Bonchev–Trinajstić information content (AvgIpc) is 2.86. The van der Waals surface area contributed by atoms with Gasteiger partial charge in [-0.05, 0) is 12.1 Å². The van der Waals surface area contributed by atoms with Crippen molar-refractivity contribution < 1.29 is 5.11 Å². The van der Waals surface area contributed by atoms with Gasteiger partial charge in [-0.1, -0.05) is 12.1 Å². The van der Waals surface area contributed by atoms with Gasteiger partial charge in [0.05, 0.1) is 6.33 Å². The highest BCUT2D eigenvalue weighted by molar-refractivity contribution is 5.89. The van der Waals surface area contributed by atoms with Gasteiger partial charge in [0.15, 0.2) is 11.5 Å². The van der Waals surface area contributed by atoms with E-state index in [4.69, 9.17) is 0 Å². The topological polar surface area (TPSA) is 87.1 Å². The fourth-order valence-electron chi connectivity index (χ4n) is 1.58. The number of hydrogen-bond donors (Lipinski definition) is 2. The van der Waals surface area contributed by atoms with Crippen LogP contribution in [0.5, 0.6) is 5.75 Å². The summed E-state index contributed by atoms with van der Waals surface area (Å²) in [5, 5.41) is 9.62. The van der Waals surface area contributed by atoms with E-state index in [0.717, 1.165) is 0 Å². The molecular formula is C12H9N5O. The maximum atomic E-state index is 9.62. The first-order valence-electron chi connectivity index (χ1n) is 5.31. The van der Waals surface area contributed by atoms with Gasteiger partial charge in [0.2, 0.25) is 0 Å². The van der Waals surface area contributed by atoms with Gasteiger partial charge in [0, 0.05) is 11.8 Å². The van der Waals surface area contributed by atoms with Crippen LogP contribution in [0, 0.1) is 0 Å². The van der Waals surface area contributed by atoms with E-state index in [1.165, 1.54) is 6.33 Å². The van der Waals surface area contributed by atoms with Gasteiger partial charge in [-0.25, -0.2) is 19.9 Å². The number of rotatable bonds is 2. The van der Waals surface area contributed by atoms with Crippen molar-refractivity contribution in [3.63, 3.8) is 0 Å². The molecule has 0 spiro atoms. The molecule has 2 N–H and O–H groups in total. The van der Waals surface area contributed by atoms with Gasteiger partial charge in [0.1, 0.15) is 17.6 Å². The number of para-hydroxylation sites is 1. The Morgan fingerprint density at radius 3 is 2.94 bits per heavy atom. The molecule has 0 aliphatic heterocycles. The van der Waals surface area contributed by atoms with Gasteiger partial charge in [-0.2, -0.15) is 0 Å². The number of hydrogen-bond acceptors (Lipinski definition) is 5. The predicted octanol–water partition coefficient (Wildman–Crippen LogP) is 1.81. The van der Waals surface area contributed by atoms with Gasteiger partial charge in [0.25, 0.3) is 0 Å². The molecule has 6 heteroatoms. The van der Waals surface area contributed by atoms with Crippen LogP contribution < -0.4 is 0 Å². The number of phenols is 1. The number of nitrogens with zero attached hydrogens (tertiary/aromatic N) is 4. The van der Waals surface area contributed by atoms with Crippen molar-refractivity contribution in [1.82, 2.24) is 19.9 Å². The van der Waals surface area contributed by atoms with Crippen LogP contribution in [0.4, 0.5) is 5.82 Å². The molecule has 2 aromatic heterocycles. The Morgan fingerprint density at radius 2 is 2.06 bits per heavy atom. The molecule has 0 saturated carbocycles. The second kappa shape index (κ2) is 4.25. The molecule has 0 aliphatic carbocycles. The van der Waals surface area contributed by atoms with Crippen LogP contribution in [-0.4, -0.2) is 31.3 Å². The van der Waals surface area contributed by atoms with Gasteiger partial charge in [-0.15, -0.1) is 0 Å². The summed E-state index contributed by atoms with van der Waals surface area (Å²) < 4.78 is 0. The zero-order valence-electron chi connectivity index (χ0n) is 9.28. The third-order valence-electron chi connectivity index (χ3n) is 2.47. The lowest BCUT2D eigenvalue weighted by molar-refractivity contribution is 0.474. The van der Waals surface area contributed by atoms with Crippen molar-refractivity contribution in [2.75, 3.05) is 0 Å². The molecule has 3 rings (SSSR count). The molecule has 2 heterocycles. The van der Waals surface area contributed by atoms with Crippen LogP contribution in [0.15, 0.2) is 41.9 Å². The number of fused-ring (bicyclic) bond motifs is 1. The van der Waals surface area contributed by atoms with E-state index < -0.39 is 0 Å². The molecular weight excluding hydrogens is 230 g/mol. The second-order valence-electron chi connectivity index (χ2n) is 3.62. The van der Waals surface area contributed by atoms with Crippen molar-refractivity contribution >= 4 is 23.2 Å². The number of aromatic amines is 1. The van der Waals surface area contributed by atoms with E-state index >= 15 is 0 Å². The Balaban J connectivity index is 2.02. The smallest absolute Gasteiger partial charge is 0.182 e. The maximum Gasteiger partial charge on any atom is 0.182 e. The van der Waals surface area contributed by atoms with E-state index in [1.807, 2.05) is 6.07 Å². The van der Waals surface area contributed by atoms with Crippen LogP contribution in [0.3, 0.4) is 0 Å². The fraction of sp³-hybridized carbons (Fsp3) is 0. The summed E-state index contributed by atoms with van der Waals surface area (Å²) in [4.78, 5) is 19.2. The number of nitrogens with one attached hydrogen (secondary N) is 1. The number of H-pyrrole nitrogens is 1. The average molecular weight is 239 g/mol. The number of imidazole rings is 1. The van der Waals surface area contributed by atoms with E-state index in [0.29, 0.717) is 22.5 Å². The molecule has 1 aromatic carbocycles. The van der Waals surface area contributed by atoms with Gasteiger partial charge < -0.3 is 10.1 Å². The first-order chi connectivity index (χ1) is 8.84. The monoisotopic (exact) mass is 239 g/mol. The second-order valence-corrected chi connectivity index (χ2v) is 3.62. The minimum absolute atomic E-state index is 0.177.